The van der Waals surface area contributed by atoms with Crippen molar-refractivity contribution in [2.45, 2.75) is 24.2 Å². The molecule has 6 nitrogen and oxygen atoms in total. The van der Waals surface area contributed by atoms with Crippen molar-refractivity contribution in [3.63, 3.8) is 0 Å². The lowest BCUT2D eigenvalue weighted by Crippen LogP contribution is -2.32. The first-order valence-corrected chi connectivity index (χ1v) is 11.1. The van der Waals surface area contributed by atoms with Gasteiger partial charge in [-0.1, -0.05) is 17.7 Å². The maximum Gasteiger partial charge on any atom is 0.243 e. The molecule has 0 unspecified atom stereocenters. The Morgan fingerprint density at radius 3 is 2.71 bits per heavy atom. The highest BCUT2D eigenvalue weighted by Crippen LogP contribution is 2.30. The zero-order valence-corrected chi connectivity index (χ0v) is 16.8. The van der Waals surface area contributed by atoms with Gasteiger partial charge in [-0.05, 0) is 61.2 Å². The molecule has 2 aliphatic rings. The number of benzene rings is 2. The second kappa shape index (κ2) is 7.73. The zero-order chi connectivity index (χ0) is 19.7. The molecule has 1 atom stereocenters. The molecule has 2 aromatic rings. The van der Waals surface area contributed by atoms with Gasteiger partial charge in [0.2, 0.25) is 15.9 Å². The highest BCUT2D eigenvalue weighted by atomic mass is 35.5. The Morgan fingerprint density at radius 2 is 1.93 bits per heavy atom. The van der Waals surface area contributed by atoms with Crippen molar-refractivity contribution in [3.05, 3.63) is 53.1 Å². The smallest absolute Gasteiger partial charge is 0.243 e. The van der Waals surface area contributed by atoms with Crippen LogP contribution in [0.25, 0.3) is 0 Å². The van der Waals surface area contributed by atoms with Gasteiger partial charge in [-0.3, -0.25) is 4.79 Å². The van der Waals surface area contributed by atoms with Crippen LogP contribution >= 0.6 is 11.6 Å². The van der Waals surface area contributed by atoms with Crippen molar-refractivity contribution < 1.29 is 17.9 Å². The van der Waals surface area contributed by atoms with Crippen molar-refractivity contribution in [1.29, 1.82) is 0 Å². The molecule has 1 saturated heterocycles. The molecule has 1 amide bonds. The average Bonchev–Trinajstić information content (AvgIpc) is 3.23. The van der Waals surface area contributed by atoms with Gasteiger partial charge in [0.1, 0.15) is 12.4 Å². The first-order chi connectivity index (χ1) is 13.4. The molecule has 0 bridgehead atoms. The number of hydrogen-bond donors (Lipinski definition) is 1. The van der Waals surface area contributed by atoms with Gasteiger partial charge in [-0.2, -0.15) is 4.31 Å². The standard InChI is InChI=1S/C20H21ClN2O4S/c21-16-6-7-19-14(11-16)10-15(13-27-19)20(24)22-17-4-3-5-18(12-17)28(25,26)23-8-1-2-9-23/h3-7,11-12,15H,1-2,8-10,13H2,(H,22,24)/t15-/m0/s1. The zero-order valence-electron chi connectivity index (χ0n) is 15.2. The molecule has 1 N–H and O–H groups in total. The van der Waals surface area contributed by atoms with Crippen LogP contribution in [0.3, 0.4) is 0 Å². The molecule has 0 aliphatic carbocycles. The molecular formula is C20H21ClN2O4S. The van der Waals surface area contributed by atoms with Gasteiger partial charge in [0.15, 0.2) is 0 Å². The molecule has 0 aromatic heterocycles. The summed E-state index contributed by atoms with van der Waals surface area (Å²) in [5, 5.41) is 3.43. The van der Waals surface area contributed by atoms with Crippen LogP contribution in [0, 0.1) is 5.92 Å². The molecule has 4 rings (SSSR count). The lowest BCUT2D eigenvalue weighted by molar-refractivity contribution is -0.121. The molecule has 1 fully saturated rings. The van der Waals surface area contributed by atoms with Gasteiger partial charge >= 0.3 is 0 Å². The number of fused-ring (bicyclic) bond motifs is 1. The topological polar surface area (TPSA) is 75.7 Å². The molecule has 28 heavy (non-hydrogen) atoms. The summed E-state index contributed by atoms with van der Waals surface area (Å²) in [7, 11) is -3.52. The number of carbonyl (C=O) groups is 1. The van der Waals surface area contributed by atoms with Crippen molar-refractivity contribution in [1.82, 2.24) is 4.31 Å². The molecule has 2 aliphatic heterocycles. The number of nitrogens with zero attached hydrogens (tertiary/aromatic N) is 1. The third-order valence-electron chi connectivity index (χ3n) is 5.10. The SMILES string of the molecule is O=C(Nc1cccc(S(=O)(=O)N2CCCC2)c1)[C@@H]1COc2ccc(Cl)cc2C1. The van der Waals surface area contributed by atoms with E-state index in [0.717, 1.165) is 24.2 Å². The van der Waals surface area contributed by atoms with Crippen molar-refractivity contribution >= 4 is 33.2 Å². The second-order valence-corrected chi connectivity index (χ2v) is 9.47. The van der Waals surface area contributed by atoms with E-state index in [4.69, 9.17) is 16.3 Å². The molecule has 0 radical (unpaired) electrons. The Hall–Kier alpha value is -2.09. The Morgan fingerprint density at radius 1 is 1.14 bits per heavy atom. The summed E-state index contributed by atoms with van der Waals surface area (Å²) in [5.74, 6) is 0.165. The van der Waals surface area contributed by atoms with Crippen LogP contribution in [0.1, 0.15) is 18.4 Å². The number of anilines is 1. The molecule has 8 heteroatoms. The van der Waals surface area contributed by atoms with Crippen LogP contribution in [0.4, 0.5) is 5.69 Å². The minimum absolute atomic E-state index is 0.198. The van der Waals surface area contributed by atoms with Gasteiger partial charge in [-0.25, -0.2) is 8.42 Å². The van der Waals surface area contributed by atoms with Gasteiger partial charge in [0.25, 0.3) is 0 Å². The lowest BCUT2D eigenvalue weighted by Gasteiger charge is -2.25. The quantitative estimate of drug-likeness (QED) is 0.823. The maximum atomic E-state index is 12.7. The van der Waals surface area contributed by atoms with E-state index < -0.39 is 10.0 Å². The summed E-state index contributed by atoms with van der Waals surface area (Å²) in [6, 6.07) is 11.8. The number of amides is 1. The summed E-state index contributed by atoms with van der Waals surface area (Å²) in [4.78, 5) is 12.9. The largest absolute Gasteiger partial charge is 0.492 e. The molecular weight excluding hydrogens is 400 g/mol. The Bertz CT molecular complexity index is 1000. The monoisotopic (exact) mass is 420 g/mol. The van der Waals surface area contributed by atoms with E-state index in [1.807, 2.05) is 0 Å². The number of rotatable bonds is 4. The van der Waals surface area contributed by atoms with Crippen LogP contribution < -0.4 is 10.1 Å². The van der Waals surface area contributed by atoms with Crippen LogP contribution in [0.2, 0.25) is 5.02 Å². The predicted octanol–water partition coefficient (Wildman–Crippen LogP) is 3.31. The molecule has 0 spiro atoms. The average molecular weight is 421 g/mol. The molecule has 2 heterocycles. The molecule has 148 valence electrons. The van der Waals surface area contributed by atoms with Crippen LogP contribution in [0.5, 0.6) is 5.75 Å². The number of sulfonamides is 1. The van der Waals surface area contributed by atoms with E-state index in [1.54, 1.807) is 36.4 Å². The Labute approximate surface area is 169 Å². The number of nitrogens with one attached hydrogen (secondary N) is 1. The first kappa shape index (κ1) is 19.2. The van der Waals surface area contributed by atoms with E-state index in [1.165, 1.54) is 10.4 Å². The normalized spacial score (nSPS) is 19.7. The van der Waals surface area contributed by atoms with Gasteiger partial charge in [0, 0.05) is 23.8 Å². The number of carbonyl (C=O) groups excluding carboxylic acids is 1. The number of ether oxygens (including phenoxy) is 1. The summed E-state index contributed by atoms with van der Waals surface area (Å²) >= 11 is 6.03. The highest BCUT2D eigenvalue weighted by Gasteiger charge is 2.29. The van der Waals surface area contributed by atoms with Gasteiger partial charge < -0.3 is 10.1 Å². The lowest BCUT2D eigenvalue weighted by atomic mass is 9.96. The minimum atomic E-state index is -3.52. The maximum absolute atomic E-state index is 12.7. The second-order valence-electron chi connectivity index (χ2n) is 7.09. The summed E-state index contributed by atoms with van der Waals surface area (Å²) < 4.78 is 32.6. The number of halogens is 1. The van der Waals surface area contributed by atoms with Crippen molar-refractivity contribution in [2.24, 2.45) is 5.92 Å². The predicted molar refractivity (Wildman–Crippen MR) is 107 cm³/mol. The first-order valence-electron chi connectivity index (χ1n) is 9.26. The van der Waals surface area contributed by atoms with Crippen LogP contribution in [-0.2, 0) is 21.2 Å². The molecule has 2 aromatic carbocycles. The fourth-order valence-corrected chi connectivity index (χ4v) is 5.35. The Balaban J connectivity index is 1.48. The van der Waals surface area contributed by atoms with Gasteiger partial charge in [-0.15, -0.1) is 0 Å². The van der Waals surface area contributed by atoms with E-state index in [2.05, 4.69) is 5.32 Å². The fraction of sp³-hybridized carbons (Fsp3) is 0.350. The number of hydrogen-bond acceptors (Lipinski definition) is 4. The summed E-state index contributed by atoms with van der Waals surface area (Å²) in [5.41, 5.74) is 1.35. The fourth-order valence-electron chi connectivity index (χ4n) is 3.59. The van der Waals surface area contributed by atoms with Crippen LogP contribution in [0.15, 0.2) is 47.4 Å². The minimum Gasteiger partial charge on any atom is -0.492 e. The third kappa shape index (κ3) is 3.87. The molecule has 0 saturated carbocycles. The van der Waals surface area contributed by atoms with E-state index >= 15 is 0 Å². The van der Waals surface area contributed by atoms with Crippen LogP contribution in [-0.4, -0.2) is 38.3 Å². The summed E-state index contributed by atoms with van der Waals surface area (Å²) in [6.45, 7) is 1.35. The van der Waals surface area contributed by atoms with E-state index in [9.17, 15) is 13.2 Å². The van der Waals surface area contributed by atoms with E-state index in [0.29, 0.717) is 30.2 Å². The van der Waals surface area contributed by atoms with E-state index in [-0.39, 0.29) is 23.3 Å². The highest BCUT2D eigenvalue weighted by molar-refractivity contribution is 7.89. The van der Waals surface area contributed by atoms with Crippen molar-refractivity contribution in [2.75, 3.05) is 25.0 Å². The summed E-state index contributed by atoms with van der Waals surface area (Å²) in [6.07, 6.45) is 2.28. The van der Waals surface area contributed by atoms with Gasteiger partial charge in [0.05, 0.1) is 10.8 Å². The Kier molecular flexibility index (Phi) is 5.31. The van der Waals surface area contributed by atoms with Crippen molar-refractivity contribution in [3.8, 4) is 5.75 Å². The third-order valence-corrected chi connectivity index (χ3v) is 7.23.